The third-order valence-electron chi connectivity index (χ3n) is 4.23. The highest BCUT2D eigenvalue weighted by molar-refractivity contribution is 5.07. The second-order valence-electron chi connectivity index (χ2n) is 6.59. The number of nitrogens with one attached hydrogen (secondary N) is 1. The van der Waals surface area contributed by atoms with E-state index in [-0.39, 0.29) is 5.54 Å². The van der Waals surface area contributed by atoms with Crippen LogP contribution in [-0.4, -0.2) is 35.1 Å². The normalized spacial score (nSPS) is 37.2. The molecule has 0 aromatic carbocycles. The summed E-state index contributed by atoms with van der Waals surface area (Å²) in [4.78, 5) is 2.72. The zero-order chi connectivity index (χ0) is 11.3. The van der Waals surface area contributed by atoms with Crippen LogP contribution in [0.2, 0.25) is 0 Å². The fourth-order valence-electron chi connectivity index (χ4n) is 3.04. The fourth-order valence-corrected chi connectivity index (χ4v) is 3.04. The Morgan fingerprint density at radius 2 is 1.80 bits per heavy atom. The summed E-state index contributed by atoms with van der Waals surface area (Å²) in [6, 6.07) is 0.664. The maximum atomic E-state index is 3.71. The number of hydrogen-bond acceptors (Lipinski definition) is 2. The van der Waals surface area contributed by atoms with E-state index in [9.17, 15) is 0 Å². The Morgan fingerprint density at radius 3 is 2.27 bits per heavy atom. The molecule has 1 saturated carbocycles. The second-order valence-corrected chi connectivity index (χ2v) is 6.59. The van der Waals surface area contributed by atoms with Crippen molar-refractivity contribution in [3.8, 4) is 0 Å². The van der Waals surface area contributed by atoms with Gasteiger partial charge < -0.3 is 5.32 Å². The van der Waals surface area contributed by atoms with Crippen LogP contribution in [0.5, 0.6) is 0 Å². The molecule has 2 fully saturated rings. The molecule has 0 bridgehead atoms. The molecule has 2 aliphatic rings. The Labute approximate surface area is 94.4 Å². The molecule has 88 valence electrons. The Bertz CT molecular complexity index is 243. The zero-order valence-electron chi connectivity index (χ0n) is 10.9. The van der Waals surface area contributed by atoms with Crippen molar-refractivity contribution in [2.75, 3.05) is 13.1 Å². The maximum absolute atomic E-state index is 3.71. The Balaban J connectivity index is 2.17. The molecule has 1 N–H and O–H groups in total. The first kappa shape index (κ1) is 11.4. The first-order valence-electron chi connectivity index (χ1n) is 6.37. The van der Waals surface area contributed by atoms with Crippen LogP contribution in [0.15, 0.2) is 0 Å². The van der Waals surface area contributed by atoms with Gasteiger partial charge in [-0.25, -0.2) is 0 Å². The zero-order valence-corrected chi connectivity index (χ0v) is 10.9. The molecule has 0 aromatic rings. The molecule has 1 unspecified atom stereocenters. The van der Waals surface area contributed by atoms with Crippen LogP contribution in [-0.2, 0) is 0 Å². The minimum atomic E-state index is 0.276. The molecule has 1 aliphatic heterocycles. The van der Waals surface area contributed by atoms with Crippen molar-refractivity contribution >= 4 is 0 Å². The van der Waals surface area contributed by atoms with Crippen LogP contribution in [0.1, 0.15) is 47.5 Å². The molecule has 0 radical (unpaired) electrons. The lowest BCUT2D eigenvalue weighted by Crippen LogP contribution is -2.69. The number of nitrogens with zero attached hydrogens (tertiary/aromatic N) is 1. The molecule has 0 spiro atoms. The highest BCUT2D eigenvalue weighted by atomic mass is 15.3. The van der Waals surface area contributed by atoms with Gasteiger partial charge in [0.05, 0.1) is 0 Å². The van der Waals surface area contributed by atoms with Gasteiger partial charge in [-0.3, -0.25) is 4.90 Å². The summed E-state index contributed by atoms with van der Waals surface area (Å²) in [7, 11) is 0. The van der Waals surface area contributed by atoms with Crippen molar-refractivity contribution < 1.29 is 0 Å². The fraction of sp³-hybridized carbons (Fsp3) is 1.00. The van der Waals surface area contributed by atoms with E-state index >= 15 is 0 Å². The van der Waals surface area contributed by atoms with Crippen molar-refractivity contribution in [1.82, 2.24) is 10.2 Å². The summed E-state index contributed by atoms with van der Waals surface area (Å²) in [6.45, 7) is 14.1. The van der Waals surface area contributed by atoms with Crippen LogP contribution in [0.4, 0.5) is 0 Å². The van der Waals surface area contributed by atoms with Crippen LogP contribution in [0.3, 0.4) is 0 Å². The van der Waals surface area contributed by atoms with Gasteiger partial charge in [-0.2, -0.15) is 0 Å². The molecule has 1 aliphatic carbocycles. The van der Waals surface area contributed by atoms with Gasteiger partial charge in [-0.15, -0.1) is 0 Å². The van der Waals surface area contributed by atoms with Gasteiger partial charge in [-0.05, 0) is 53.4 Å². The predicted octanol–water partition coefficient (Wildman–Crippen LogP) is 2.25. The van der Waals surface area contributed by atoms with Crippen molar-refractivity contribution in [3.05, 3.63) is 0 Å². The van der Waals surface area contributed by atoms with Crippen LogP contribution in [0, 0.1) is 5.92 Å². The van der Waals surface area contributed by atoms with Gasteiger partial charge in [0.1, 0.15) is 0 Å². The predicted molar refractivity (Wildman–Crippen MR) is 65.1 cm³/mol. The highest BCUT2D eigenvalue weighted by Crippen LogP contribution is 2.45. The van der Waals surface area contributed by atoms with Gasteiger partial charge in [0.25, 0.3) is 0 Å². The van der Waals surface area contributed by atoms with E-state index in [1.165, 1.54) is 19.4 Å². The summed E-state index contributed by atoms with van der Waals surface area (Å²) in [5.41, 5.74) is 0.683. The largest absolute Gasteiger partial charge is 0.309 e. The second kappa shape index (κ2) is 3.46. The topological polar surface area (TPSA) is 15.3 Å². The third-order valence-corrected chi connectivity index (χ3v) is 4.23. The van der Waals surface area contributed by atoms with Crippen molar-refractivity contribution in [1.29, 1.82) is 0 Å². The summed E-state index contributed by atoms with van der Waals surface area (Å²) in [5.74, 6) is 0.934. The third kappa shape index (κ3) is 2.07. The Morgan fingerprint density at radius 1 is 1.20 bits per heavy atom. The summed E-state index contributed by atoms with van der Waals surface area (Å²) in [6.07, 6.45) is 2.86. The molecule has 15 heavy (non-hydrogen) atoms. The summed E-state index contributed by atoms with van der Waals surface area (Å²) in [5, 5.41) is 3.71. The molecule has 2 rings (SSSR count). The monoisotopic (exact) mass is 210 g/mol. The lowest BCUT2D eigenvalue weighted by atomic mass is 9.85. The van der Waals surface area contributed by atoms with E-state index in [1.807, 2.05) is 0 Å². The first-order chi connectivity index (χ1) is 6.85. The number of piperazine rings is 1. The van der Waals surface area contributed by atoms with E-state index in [2.05, 4.69) is 44.8 Å². The van der Waals surface area contributed by atoms with Gasteiger partial charge in [0.15, 0.2) is 0 Å². The van der Waals surface area contributed by atoms with Gasteiger partial charge >= 0.3 is 0 Å². The molecule has 1 saturated heterocycles. The standard InChI is InChI=1S/C13H26N2/c1-10(2)15-9-12(3,4)14-8-13(15,5)11-6-7-11/h10-11,14H,6-9H2,1-5H3. The quantitative estimate of drug-likeness (QED) is 0.752. The van der Waals surface area contributed by atoms with E-state index in [1.54, 1.807) is 0 Å². The lowest BCUT2D eigenvalue weighted by molar-refractivity contribution is -0.0113. The Hall–Kier alpha value is -0.0800. The van der Waals surface area contributed by atoms with Gasteiger partial charge in [-0.1, -0.05) is 0 Å². The molecule has 1 heterocycles. The average molecular weight is 210 g/mol. The lowest BCUT2D eigenvalue weighted by Gasteiger charge is -2.53. The molecule has 0 aromatic heterocycles. The smallest absolute Gasteiger partial charge is 0.0337 e. The average Bonchev–Trinajstić information content (AvgIpc) is 2.92. The van der Waals surface area contributed by atoms with Crippen molar-refractivity contribution in [2.45, 2.75) is 64.6 Å². The van der Waals surface area contributed by atoms with Crippen molar-refractivity contribution in [2.24, 2.45) is 5.92 Å². The minimum absolute atomic E-state index is 0.276. The minimum Gasteiger partial charge on any atom is -0.309 e. The molecule has 1 atom stereocenters. The Kier molecular flexibility index (Phi) is 2.63. The molecular weight excluding hydrogens is 184 g/mol. The van der Waals surface area contributed by atoms with Crippen molar-refractivity contribution in [3.63, 3.8) is 0 Å². The van der Waals surface area contributed by atoms with Gasteiger partial charge in [0.2, 0.25) is 0 Å². The van der Waals surface area contributed by atoms with E-state index in [0.717, 1.165) is 12.5 Å². The molecule has 2 heteroatoms. The molecule has 2 nitrogen and oxygen atoms in total. The molecular formula is C13H26N2. The van der Waals surface area contributed by atoms with E-state index in [0.29, 0.717) is 11.6 Å². The van der Waals surface area contributed by atoms with E-state index < -0.39 is 0 Å². The van der Waals surface area contributed by atoms with Crippen LogP contribution >= 0.6 is 0 Å². The van der Waals surface area contributed by atoms with Gasteiger partial charge in [0, 0.05) is 30.2 Å². The van der Waals surface area contributed by atoms with Crippen LogP contribution < -0.4 is 5.32 Å². The number of rotatable bonds is 2. The first-order valence-corrected chi connectivity index (χ1v) is 6.37. The van der Waals surface area contributed by atoms with E-state index in [4.69, 9.17) is 0 Å². The molecule has 0 amide bonds. The van der Waals surface area contributed by atoms with Crippen LogP contribution in [0.25, 0.3) is 0 Å². The highest BCUT2D eigenvalue weighted by Gasteiger charge is 2.50. The maximum Gasteiger partial charge on any atom is 0.0337 e. The summed E-state index contributed by atoms with van der Waals surface area (Å²) < 4.78 is 0. The summed E-state index contributed by atoms with van der Waals surface area (Å²) >= 11 is 0. The SMILES string of the molecule is CC(C)N1CC(C)(C)NCC1(C)C1CC1. The number of hydrogen-bond donors (Lipinski definition) is 1.